The Labute approximate surface area is 164 Å². The zero-order valence-electron chi connectivity index (χ0n) is 15.7. The Kier molecular flexibility index (Phi) is 7.34. The van der Waals surface area contributed by atoms with Gasteiger partial charge in [0.05, 0.1) is 5.02 Å². The number of carbonyl (C=O) groups excluding carboxylic acids is 1. The van der Waals surface area contributed by atoms with Crippen molar-refractivity contribution in [1.82, 2.24) is 0 Å². The minimum absolute atomic E-state index is 0. The maximum Gasteiger partial charge on any atom is 0.187 e. The average Bonchev–Trinajstić information content (AvgIpc) is 2.41. The summed E-state index contributed by atoms with van der Waals surface area (Å²) in [5, 5.41) is 1.69. The molecule has 0 bridgehead atoms. The van der Waals surface area contributed by atoms with Crippen LogP contribution < -0.4 is 5.30 Å². The Hall–Kier alpha value is -0.573. The molecule has 2 aromatic carbocycles. The molecule has 1 atom stereocenters. The summed E-state index contributed by atoms with van der Waals surface area (Å²) in [5.74, 6) is 0. The van der Waals surface area contributed by atoms with Crippen molar-refractivity contribution in [2.75, 3.05) is 0 Å². The van der Waals surface area contributed by atoms with Crippen LogP contribution in [0.1, 0.15) is 53.4 Å². The van der Waals surface area contributed by atoms with E-state index in [4.69, 9.17) is 11.6 Å². The van der Waals surface area contributed by atoms with E-state index >= 15 is 0 Å². The molecule has 1 radical (unpaired) electrons. The standard InChI is InChI=1S/C20H24ClOP.Li/c1-12-8-7-9-16(21)17(12)19(22)23-18-13(2)10-15(11-14(18)3)20(4,5)6;/h7-11,23H,1-6H3;. The summed E-state index contributed by atoms with van der Waals surface area (Å²) in [4.78, 5) is 12.8. The summed E-state index contributed by atoms with van der Waals surface area (Å²) < 4.78 is 0. The molecule has 0 heterocycles. The topological polar surface area (TPSA) is 17.1 Å². The first-order valence-electron chi connectivity index (χ1n) is 7.79. The van der Waals surface area contributed by atoms with E-state index in [9.17, 15) is 4.79 Å². The Morgan fingerprint density at radius 3 is 2.00 bits per heavy atom. The van der Waals surface area contributed by atoms with Crippen LogP contribution in [0.25, 0.3) is 0 Å². The normalized spacial score (nSPS) is 11.6. The predicted octanol–water partition coefficient (Wildman–Crippen LogP) is 5.33. The van der Waals surface area contributed by atoms with Crippen LogP contribution in [0.3, 0.4) is 0 Å². The smallest absolute Gasteiger partial charge is 0.187 e. The van der Waals surface area contributed by atoms with Crippen LogP contribution in [-0.2, 0) is 5.41 Å². The van der Waals surface area contributed by atoms with Gasteiger partial charge < -0.3 is 0 Å². The summed E-state index contributed by atoms with van der Waals surface area (Å²) in [5.41, 5.74) is 5.51. The van der Waals surface area contributed by atoms with E-state index in [-0.39, 0.29) is 38.4 Å². The third-order valence-electron chi connectivity index (χ3n) is 4.09. The molecule has 1 unspecified atom stereocenters. The Morgan fingerprint density at radius 1 is 1.00 bits per heavy atom. The second kappa shape index (κ2) is 8.20. The summed E-state index contributed by atoms with van der Waals surface area (Å²) in [7, 11) is 0.103. The predicted molar refractivity (Wildman–Crippen MR) is 109 cm³/mol. The molecule has 1 nitrogen and oxygen atoms in total. The average molecular weight is 354 g/mol. The third-order valence-corrected chi connectivity index (χ3v) is 5.92. The molecule has 123 valence electrons. The van der Waals surface area contributed by atoms with E-state index in [0.717, 1.165) is 10.9 Å². The van der Waals surface area contributed by atoms with Gasteiger partial charge in [0.25, 0.3) is 0 Å². The van der Waals surface area contributed by atoms with Gasteiger partial charge in [0.1, 0.15) is 0 Å². The van der Waals surface area contributed by atoms with Crippen molar-refractivity contribution < 1.29 is 4.79 Å². The summed E-state index contributed by atoms with van der Waals surface area (Å²) in [6.45, 7) is 12.8. The van der Waals surface area contributed by atoms with Gasteiger partial charge in [-0.25, -0.2) is 0 Å². The van der Waals surface area contributed by atoms with E-state index in [1.165, 1.54) is 16.7 Å². The Morgan fingerprint density at radius 2 is 1.54 bits per heavy atom. The van der Waals surface area contributed by atoms with Crippen LogP contribution >= 0.6 is 20.2 Å². The van der Waals surface area contributed by atoms with E-state index in [1.807, 2.05) is 19.1 Å². The van der Waals surface area contributed by atoms with Crippen molar-refractivity contribution in [3.05, 3.63) is 63.2 Å². The van der Waals surface area contributed by atoms with Gasteiger partial charge in [0, 0.05) is 24.4 Å². The van der Waals surface area contributed by atoms with E-state index in [0.29, 0.717) is 10.6 Å². The van der Waals surface area contributed by atoms with Gasteiger partial charge in [-0.15, -0.1) is 0 Å². The molecule has 2 rings (SSSR count). The molecule has 0 aliphatic heterocycles. The van der Waals surface area contributed by atoms with Crippen LogP contribution in [0.15, 0.2) is 30.3 Å². The Bertz CT molecular complexity index is 719. The van der Waals surface area contributed by atoms with Crippen LogP contribution in [0, 0.1) is 20.8 Å². The molecule has 4 heteroatoms. The fourth-order valence-electron chi connectivity index (χ4n) is 2.69. The SMILES string of the molecule is Cc1cc(C(C)(C)C)cc(C)c1PC(=O)c1c(C)cccc1Cl.[Li]. The number of rotatable bonds is 3. The molecular weight excluding hydrogens is 330 g/mol. The van der Waals surface area contributed by atoms with E-state index < -0.39 is 0 Å². The quantitative estimate of drug-likeness (QED) is 0.538. The monoisotopic (exact) mass is 353 g/mol. The molecule has 0 saturated carbocycles. The van der Waals surface area contributed by atoms with Crippen molar-refractivity contribution in [1.29, 1.82) is 0 Å². The number of hydrogen-bond donors (Lipinski definition) is 0. The number of hydrogen-bond acceptors (Lipinski definition) is 1. The molecule has 0 saturated heterocycles. The van der Waals surface area contributed by atoms with Crippen molar-refractivity contribution >= 4 is 49.9 Å². The van der Waals surface area contributed by atoms with Crippen molar-refractivity contribution in [2.45, 2.75) is 47.0 Å². The molecule has 0 amide bonds. The summed E-state index contributed by atoms with van der Waals surface area (Å²) in [6.07, 6.45) is 0. The van der Waals surface area contributed by atoms with Gasteiger partial charge in [-0.05, 0) is 68.4 Å². The van der Waals surface area contributed by atoms with E-state index in [1.54, 1.807) is 6.07 Å². The number of halogens is 1. The van der Waals surface area contributed by atoms with Crippen LogP contribution in [0.5, 0.6) is 0 Å². The fraction of sp³-hybridized carbons (Fsp3) is 0.350. The van der Waals surface area contributed by atoms with Gasteiger partial charge in [0.2, 0.25) is 0 Å². The maximum absolute atomic E-state index is 12.8. The van der Waals surface area contributed by atoms with Crippen molar-refractivity contribution in [3.8, 4) is 0 Å². The molecule has 0 aromatic heterocycles. The minimum Gasteiger partial charge on any atom is -0.289 e. The molecular formula is C20H24ClLiOP. The van der Waals surface area contributed by atoms with Gasteiger partial charge in [-0.1, -0.05) is 56.6 Å². The number of benzene rings is 2. The molecule has 2 aromatic rings. The van der Waals surface area contributed by atoms with E-state index in [2.05, 4.69) is 46.8 Å². The summed E-state index contributed by atoms with van der Waals surface area (Å²) >= 11 is 6.24. The first-order valence-corrected chi connectivity index (χ1v) is 9.17. The molecule has 24 heavy (non-hydrogen) atoms. The van der Waals surface area contributed by atoms with Crippen LogP contribution in [0.4, 0.5) is 0 Å². The van der Waals surface area contributed by atoms with Gasteiger partial charge in [0.15, 0.2) is 5.52 Å². The summed E-state index contributed by atoms with van der Waals surface area (Å²) in [6, 6.07) is 10.0. The number of aryl methyl sites for hydroxylation is 3. The second-order valence-electron chi connectivity index (χ2n) is 7.12. The van der Waals surface area contributed by atoms with Crippen LogP contribution in [0.2, 0.25) is 5.02 Å². The molecule has 0 aliphatic rings. The van der Waals surface area contributed by atoms with Crippen LogP contribution in [-0.4, -0.2) is 24.4 Å². The van der Waals surface area contributed by atoms with Crippen molar-refractivity contribution in [2.24, 2.45) is 0 Å². The maximum atomic E-state index is 12.8. The molecule has 0 N–H and O–H groups in total. The first-order chi connectivity index (χ1) is 10.6. The van der Waals surface area contributed by atoms with Gasteiger partial charge in [-0.2, -0.15) is 0 Å². The minimum atomic E-state index is 0. The Balaban J connectivity index is 0.00000288. The third kappa shape index (κ3) is 4.74. The molecule has 0 spiro atoms. The molecule has 0 aliphatic carbocycles. The molecule has 0 fully saturated rings. The van der Waals surface area contributed by atoms with Gasteiger partial charge >= 0.3 is 0 Å². The van der Waals surface area contributed by atoms with Crippen molar-refractivity contribution in [3.63, 3.8) is 0 Å². The second-order valence-corrected chi connectivity index (χ2v) is 8.73. The zero-order chi connectivity index (χ0) is 17.4. The first kappa shape index (κ1) is 21.5. The van der Waals surface area contributed by atoms with Gasteiger partial charge in [-0.3, -0.25) is 4.79 Å². The zero-order valence-corrected chi connectivity index (χ0v) is 17.4. The number of carbonyl (C=O) groups is 1. The largest absolute Gasteiger partial charge is 0.289 e. The fourth-order valence-corrected chi connectivity index (χ4v) is 4.30.